The minimum Gasteiger partial charge on any atom is -0.496 e. The molecule has 1 atom stereocenters. The summed E-state index contributed by atoms with van der Waals surface area (Å²) in [6, 6.07) is 1.45. The van der Waals surface area contributed by atoms with Crippen LogP contribution >= 0.6 is 0 Å². The Morgan fingerprint density at radius 1 is 1.52 bits per heavy atom. The largest absolute Gasteiger partial charge is 0.496 e. The summed E-state index contributed by atoms with van der Waals surface area (Å²) >= 11 is 0. The van der Waals surface area contributed by atoms with Crippen LogP contribution in [0.4, 0.5) is 8.78 Å². The minimum atomic E-state index is -1.03. The standard InChI is InChI=1S/C15H15F2N3O3/c1-23-13-3-2-9(16)14(17)8(13)5-20-6-11-10(18-7-19-11)4-12(20)15(21)22/h2-3,7,12H,4-6H2,1H3,(H,18,19)(H,21,22)/t12-/m1/s1. The van der Waals surface area contributed by atoms with Crippen LogP contribution in [0.1, 0.15) is 17.0 Å². The van der Waals surface area contributed by atoms with Gasteiger partial charge >= 0.3 is 5.97 Å². The molecule has 1 aromatic heterocycles. The van der Waals surface area contributed by atoms with Gasteiger partial charge in [-0.1, -0.05) is 0 Å². The molecule has 0 fully saturated rings. The molecule has 2 N–H and O–H groups in total. The van der Waals surface area contributed by atoms with E-state index in [-0.39, 0.29) is 30.8 Å². The summed E-state index contributed by atoms with van der Waals surface area (Å²) < 4.78 is 32.7. The minimum absolute atomic E-state index is 0.00159. The van der Waals surface area contributed by atoms with Gasteiger partial charge in [0.25, 0.3) is 0 Å². The number of nitrogens with zero attached hydrogens (tertiary/aromatic N) is 2. The number of benzene rings is 1. The highest BCUT2D eigenvalue weighted by molar-refractivity contribution is 5.74. The highest BCUT2D eigenvalue weighted by Gasteiger charge is 2.34. The maximum atomic E-state index is 14.1. The molecule has 0 bridgehead atoms. The predicted octanol–water partition coefficient (Wildman–Crippen LogP) is 1.71. The highest BCUT2D eigenvalue weighted by Crippen LogP contribution is 2.29. The third kappa shape index (κ3) is 2.77. The van der Waals surface area contributed by atoms with Crippen LogP contribution < -0.4 is 4.74 Å². The topological polar surface area (TPSA) is 78.5 Å². The van der Waals surface area contributed by atoms with Gasteiger partial charge in [-0.15, -0.1) is 0 Å². The van der Waals surface area contributed by atoms with Crippen molar-refractivity contribution in [2.24, 2.45) is 0 Å². The van der Waals surface area contributed by atoms with Crippen LogP contribution in [0, 0.1) is 11.6 Å². The van der Waals surface area contributed by atoms with Crippen molar-refractivity contribution in [3.05, 3.63) is 47.0 Å². The SMILES string of the molecule is COc1ccc(F)c(F)c1CN1Cc2[nH]cnc2C[C@@H]1C(=O)O. The number of methoxy groups -OCH3 is 1. The molecule has 2 aromatic rings. The summed E-state index contributed by atoms with van der Waals surface area (Å²) in [4.78, 5) is 20.1. The number of hydrogen-bond acceptors (Lipinski definition) is 4. The molecule has 0 saturated heterocycles. The maximum absolute atomic E-state index is 14.1. The molecule has 23 heavy (non-hydrogen) atoms. The van der Waals surface area contributed by atoms with Crippen molar-refractivity contribution in [1.29, 1.82) is 0 Å². The fourth-order valence-corrected chi connectivity index (χ4v) is 2.81. The first-order chi connectivity index (χ1) is 11.0. The first-order valence-corrected chi connectivity index (χ1v) is 7.00. The average molecular weight is 323 g/mol. The number of fused-ring (bicyclic) bond motifs is 1. The number of aromatic nitrogens is 2. The van der Waals surface area contributed by atoms with E-state index in [1.165, 1.54) is 19.5 Å². The van der Waals surface area contributed by atoms with Crippen LogP contribution in [0.5, 0.6) is 5.75 Å². The molecule has 122 valence electrons. The fourth-order valence-electron chi connectivity index (χ4n) is 2.81. The van der Waals surface area contributed by atoms with E-state index in [2.05, 4.69) is 9.97 Å². The molecule has 0 aliphatic carbocycles. The van der Waals surface area contributed by atoms with Crippen LogP contribution in [0.3, 0.4) is 0 Å². The molecule has 2 heterocycles. The normalized spacial score (nSPS) is 17.8. The molecule has 1 aromatic carbocycles. The third-order valence-corrected chi connectivity index (χ3v) is 4.02. The van der Waals surface area contributed by atoms with Gasteiger partial charge in [-0.3, -0.25) is 9.69 Å². The van der Waals surface area contributed by atoms with E-state index in [0.717, 1.165) is 11.8 Å². The van der Waals surface area contributed by atoms with E-state index in [0.29, 0.717) is 5.69 Å². The maximum Gasteiger partial charge on any atom is 0.321 e. The zero-order valence-corrected chi connectivity index (χ0v) is 12.3. The molecule has 6 nitrogen and oxygen atoms in total. The number of imidazole rings is 1. The summed E-state index contributed by atoms with van der Waals surface area (Å²) in [7, 11) is 1.36. The van der Waals surface area contributed by atoms with Crippen molar-refractivity contribution in [2.45, 2.75) is 25.6 Å². The Hall–Kier alpha value is -2.48. The van der Waals surface area contributed by atoms with Gasteiger partial charge in [0.15, 0.2) is 11.6 Å². The van der Waals surface area contributed by atoms with Gasteiger partial charge in [-0.2, -0.15) is 0 Å². The van der Waals surface area contributed by atoms with Gasteiger partial charge in [-0.25, -0.2) is 13.8 Å². The predicted molar refractivity (Wildman–Crippen MR) is 75.9 cm³/mol. The summed E-state index contributed by atoms with van der Waals surface area (Å²) in [6.45, 7) is 0.174. The second-order valence-electron chi connectivity index (χ2n) is 5.33. The lowest BCUT2D eigenvalue weighted by Crippen LogP contribution is -2.45. The average Bonchev–Trinajstić information content (AvgIpc) is 2.98. The smallest absolute Gasteiger partial charge is 0.321 e. The molecule has 0 saturated carbocycles. The molecule has 8 heteroatoms. The van der Waals surface area contributed by atoms with E-state index in [1.807, 2.05) is 0 Å². The van der Waals surface area contributed by atoms with Crippen molar-refractivity contribution >= 4 is 5.97 Å². The van der Waals surface area contributed by atoms with Crippen molar-refractivity contribution in [3.63, 3.8) is 0 Å². The van der Waals surface area contributed by atoms with Crippen LogP contribution in [0.2, 0.25) is 0 Å². The Morgan fingerprint density at radius 2 is 2.30 bits per heavy atom. The van der Waals surface area contributed by atoms with Crippen molar-refractivity contribution in [1.82, 2.24) is 14.9 Å². The summed E-state index contributed by atoms with van der Waals surface area (Å²) in [5.74, 6) is -2.87. The number of hydrogen-bond donors (Lipinski definition) is 2. The number of ether oxygens (including phenoxy) is 1. The van der Waals surface area contributed by atoms with E-state index in [1.54, 1.807) is 4.90 Å². The number of carbonyl (C=O) groups is 1. The number of halogens is 2. The van der Waals surface area contributed by atoms with Gasteiger partial charge in [-0.05, 0) is 12.1 Å². The fraction of sp³-hybridized carbons (Fsp3) is 0.333. The summed E-state index contributed by atoms with van der Waals surface area (Å²) in [5, 5.41) is 9.42. The molecule has 0 amide bonds. The van der Waals surface area contributed by atoms with E-state index in [4.69, 9.17) is 4.74 Å². The van der Waals surface area contributed by atoms with E-state index in [9.17, 15) is 18.7 Å². The zero-order valence-electron chi connectivity index (χ0n) is 12.3. The quantitative estimate of drug-likeness (QED) is 0.895. The Bertz CT molecular complexity index is 748. The Kier molecular flexibility index (Phi) is 3.99. The van der Waals surface area contributed by atoms with E-state index >= 15 is 0 Å². The molecule has 1 aliphatic rings. The third-order valence-electron chi connectivity index (χ3n) is 4.02. The lowest BCUT2D eigenvalue weighted by molar-refractivity contribution is -0.144. The van der Waals surface area contributed by atoms with Gasteiger partial charge < -0.3 is 14.8 Å². The molecule has 3 rings (SSSR count). The van der Waals surface area contributed by atoms with Crippen molar-refractivity contribution in [2.75, 3.05) is 7.11 Å². The van der Waals surface area contributed by atoms with Gasteiger partial charge in [0.05, 0.1) is 24.8 Å². The number of aromatic amines is 1. The van der Waals surface area contributed by atoms with Gasteiger partial charge in [0.2, 0.25) is 0 Å². The monoisotopic (exact) mass is 323 g/mol. The van der Waals surface area contributed by atoms with Gasteiger partial charge in [0, 0.05) is 25.1 Å². The molecular formula is C15H15F2N3O3. The Morgan fingerprint density at radius 3 is 3.00 bits per heavy atom. The summed E-state index contributed by atoms with van der Waals surface area (Å²) in [6.07, 6.45) is 1.70. The van der Waals surface area contributed by atoms with Crippen molar-refractivity contribution in [3.8, 4) is 5.75 Å². The lowest BCUT2D eigenvalue weighted by Gasteiger charge is -2.32. The van der Waals surface area contributed by atoms with Crippen LogP contribution in [-0.2, 0) is 24.3 Å². The van der Waals surface area contributed by atoms with Gasteiger partial charge in [0.1, 0.15) is 11.8 Å². The number of aliphatic carboxylic acids is 1. The lowest BCUT2D eigenvalue weighted by atomic mass is 10.0. The van der Waals surface area contributed by atoms with Crippen LogP contribution in [0.25, 0.3) is 0 Å². The number of H-pyrrole nitrogens is 1. The molecule has 1 aliphatic heterocycles. The number of carboxylic acid groups (broad SMARTS) is 1. The molecule has 0 radical (unpaired) electrons. The summed E-state index contributed by atoms with van der Waals surface area (Å²) in [5.41, 5.74) is 1.46. The molecule has 0 spiro atoms. The first kappa shape index (κ1) is 15.4. The van der Waals surface area contributed by atoms with E-state index < -0.39 is 23.6 Å². The number of rotatable bonds is 4. The number of carboxylic acids is 1. The first-order valence-electron chi connectivity index (χ1n) is 7.00. The molecule has 0 unspecified atom stereocenters. The Labute approximate surface area is 130 Å². The second kappa shape index (κ2) is 5.96. The molecular weight excluding hydrogens is 308 g/mol. The number of nitrogens with one attached hydrogen (secondary N) is 1. The highest BCUT2D eigenvalue weighted by atomic mass is 19.2. The zero-order chi connectivity index (χ0) is 16.6. The van der Waals surface area contributed by atoms with Crippen molar-refractivity contribution < 1.29 is 23.4 Å². The second-order valence-corrected chi connectivity index (χ2v) is 5.33. The van der Waals surface area contributed by atoms with Crippen LogP contribution in [0.15, 0.2) is 18.5 Å². The Balaban J connectivity index is 1.95. The van der Waals surface area contributed by atoms with Crippen LogP contribution in [-0.4, -0.2) is 39.1 Å².